The summed E-state index contributed by atoms with van der Waals surface area (Å²) in [6.07, 6.45) is 3.47. The number of carbonyl (C=O) groups is 1. The lowest BCUT2D eigenvalue weighted by molar-refractivity contribution is 0.251. The zero-order valence-electron chi connectivity index (χ0n) is 15.0. The second kappa shape index (κ2) is 7.97. The van der Waals surface area contributed by atoms with Crippen molar-refractivity contribution in [2.75, 3.05) is 24.3 Å². The van der Waals surface area contributed by atoms with Crippen LogP contribution in [0.15, 0.2) is 48.1 Å². The van der Waals surface area contributed by atoms with Gasteiger partial charge in [-0.2, -0.15) is 0 Å². The molecule has 0 atom stereocenters. The van der Waals surface area contributed by atoms with Gasteiger partial charge in [0.15, 0.2) is 5.13 Å². The number of pyridine rings is 1. The van der Waals surface area contributed by atoms with E-state index in [2.05, 4.69) is 44.6 Å². The molecule has 3 aromatic rings. The van der Waals surface area contributed by atoms with Crippen molar-refractivity contribution in [3.8, 4) is 11.3 Å². The summed E-state index contributed by atoms with van der Waals surface area (Å²) in [5, 5.41) is 8.09. The zero-order chi connectivity index (χ0) is 18.5. The average Bonchev–Trinajstić information content (AvgIpc) is 3.09. The summed E-state index contributed by atoms with van der Waals surface area (Å²) >= 11 is 1.39. The number of aromatic nitrogens is 2. The molecule has 0 aliphatic carbocycles. The minimum atomic E-state index is -0.272. The molecule has 2 aromatic heterocycles. The highest BCUT2D eigenvalue weighted by molar-refractivity contribution is 7.14. The molecule has 0 saturated heterocycles. The Morgan fingerprint density at radius 2 is 2.12 bits per heavy atom. The number of nitrogens with zero attached hydrogens (tertiary/aromatic N) is 3. The van der Waals surface area contributed by atoms with Gasteiger partial charge in [0.25, 0.3) is 0 Å². The van der Waals surface area contributed by atoms with Crippen LogP contribution in [0, 0.1) is 6.92 Å². The topological polar surface area (TPSA) is 70.1 Å². The van der Waals surface area contributed by atoms with Crippen molar-refractivity contribution in [3.05, 3.63) is 59.2 Å². The van der Waals surface area contributed by atoms with Crippen molar-refractivity contribution in [2.45, 2.75) is 13.5 Å². The van der Waals surface area contributed by atoms with Crippen LogP contribution in [0.3, 0.4) is 0 Å². The Balaban J connectivity index is 1.56. The van der Waals surface area contributed by atoms with E-state index in [0.717, 1.165) is 16.8 Å². The maximum absolute atomic E-state index is 12.1. The molecule has 1 aromatic carbocycles. The lowest BCUT2D eigenvalue weighted by Crippen LogP contribution is -2.28. The van der Waals surface area contributed by atoms with Gasteiger partial charge in [0.1, 0.15) is 0 Å². The number of hydrogen-bond donors (Lipinski definition) is 2. The molecule has 0 unspecified atom stereocenters. The summed E-state index contributed by atoms with van der Waals surface area (Å²) in [5.41, 5.74) is 5.13. The van der Waals surface area contributed by atoms with Crippen LogP contribution in [-0.4, -0.2) is 30.1 Å². The molecule has 3 rings (SSSR count). The lowest BCUT2D eigenvalue weighted by Gasteiger charge is -2.16. The summed E-state index contributed by atoms with van der Waals surface area (Å²) in [6.45, 7) is 2.52. The molecule has 7 heteroatoms. The van der Waals surface area contributed by atoms with Crippen molar-refractivity contribution in [2.24, 2.45) is 0 Å². The van der Waals surface area contributed by atoms with Crippen LogP contribution >= 0.6 is 11.3 Å². The minimum absolute atomic E-state index is 0.272. The molecule has 134 valence electrons. The van der Waals surface area contributed by atoms with E-state index in [1.54, 1.807) is 12.4 Å². The van der Waals surface area contributed by atoms with E-state index >= 15 is 0 Å². The van der Waals surface area contributed by atoms with Crippen molar-refractivity contribution in [3.63, 3.8) is 0 Å². The minimum Gasteiger partial charge on any atom is -0.377 e. The molecule has 0 aliphatic rings. The van der Waals surface area contributed by atoms with Gasteiger partial charge >= 0.3 is 6.03 Å². The summed E-state index contributed by atoms with van der Waals surface area (Å²) in [4.78, 5) is 22.7. The molecule has 2 N–H and O–H groups in total. The Labute approximate surface area is 156 Å². The number of hydrogen-bond acceptors (Lipinski definition) is 5. The van der Waals surface area contributed by atoms with E-state index in [4.69, 9.17) is 0 Å². The average molecular weight is 367 g/mol. The number of rotatable bonds is 5. The number of thiazole rings is 1. The van der Waals surface area contributed by atoms with Crippen molar-refractivity contribution >= 4 is 28.2 Å². The Kier molecular flexibility index (Phi) is 5.48. The molecular weight excluding hydrogens is 346 g/mol. The first-order valence-electron chi connectivity index (χ1n) is 8.20. The molecule has 0 fully saturated rings. The molecule has 2 amide bonds. The zero-order valence-corrected chi connectivity index (χ0v) is 15.8. The first-order valence-corrected chi connectivity index (χ1v) is 9.08. The smallest absolute Gasteiger partial charge is 0.321 e. The molecular formula is C19H21N5OS. The van der Waals surface area contributed by atoms with Crippen LogP contribution in [0.1, 0.15) is 11.1 Å². The van der Waals surface area contributed by atoms with Crippen molar-refractivity contribution < 1.29 is 4.79 Å². The summed E-state index contributed by atoms with van der Waals surface area (Å²) in [5.74, 6) is 0. The Morgan fingerprint density at radius 3 is 2.81 bits per heavy atom. The highest BCUT2D eigenvalue weighted by Gasteiger charge is 2.08. The molecule has 0 radical (unpaired) electrons. The third-order valence-corrected chi connectivity index (χ3v) is 4.64. The van der Waals surface area contributed by atoms with Crippen LogP contribution < -0.4 is 15.5 Å². The second-order valence-electron chi connectivity index (χ2n) is 6.10. The molecule has 0 aliphatic heterocycles. The normalized spacial score (nSPS) is 10.4. The predicted molar refractivity (Wildman–Crippen MR) is 107 cm³/mol. The number of nitrogens with one attached hydrogen (secondary N) is 2. The second-order valence-corrected chi connectivity index (χ2v) is 6.96. The van der Waals surface area contributed by atoms with Gasteiger partial charge < -0.3 is 10.2 Å². The SMILES string of the molecule is Cc1cc(CNC(=O)Nc2nc(-c3cccnc3)cs2)ccc1N(C)C. The van der Waals surface area contributed by atoms with Crippen molar-refractivity contribution in [1.82, 2.24) is 15.3 Å². The fourth-order valence-electron chi connectivity index (χ4n) is 2.63. The van der Waals surface area contributed by atoms with Gasteiger partial charge in [-0.15, -0.1) is 11.3 Å². The predicted octanol–water partition coefficient (Wildman–Crippen LogP) is 3.90. The molecule has 0 saturated carbocycles. The third kappa shape index (κ3) is 4.37. The van der Waals surface area contributed by atoms with Gasteiger partial charge in [-0.25, -0.2) is 9.78 Å². The van der Waals surface area contributed by atoms with Crippen LogP contribution in [0.25, 0.3) is 11.3 Å². The molecule has 26 heavy (non-hydrogen) atoms. The molecule has 6 nitrogen and oxygen atoms in total. The first kappa shape index (κ1) is 17.9. The van der Waals surface area contributed by atoms with Gasteiger partial charge in [-0.3, -0.25) is 10.3 Å². The van der Waals surface area contributed by atoms with E-state index < -0.39 is 0 Å². The monoisotopic (exact) mass is 367 g/mol. The van der Waals surface area contributed by atoms with Crippen molar-refractivity contribution in [1.29, 1.82) is 0 Å². The van der Waals surface area contributed by atoms with Gasteiger partial charge in [-0.05, 0) is 36.2 Å². The summed E-state index contributed by atoms with van der Waals surface area (Å²) < 4.78 is 0. The van der Waals surface area contributed by atoms with Gasteiger partial charge in [0.2, 0.25) is 0 Å². The largest absolute Gasteiger partial charge is 0.377 e. The molecule has 2 heterocycles. The van der Waals surface area contributed by atoms with Crippen LogP contribution in [-0.2, 0) is 6.54 Å². The quantitative estimate of drug-likeness (QED) is 0.717. The van der Waals surface area contributed by atoms with Gasteiger partial charge in [0.05, 0.1) is 5.69 Å². The molecule has 0 bridgehead atoms. The lowest BCUT2D eigenvalue weighted by atomic mass is 10.1. The van der Waals surface area contributed by atoms with E-state index in [1.807, 2.05) is 37.7 Å². The highest BCUT2D eigenvalue weighted by atomic mass is 32.1. The molecule has 0 spiro atoms. The Bertz CT molecular complexity index is 892. The number of benzene rings is 1. The highest BCUT2D eigenvalue weighted by Crippen LogP contribution is 2.24. The van der Waals surface area contributed by atoms with Crippen LogP contribution in [0.5, 0.6) is 0 Å². The fourth-order valence-corrected chi connectivity index (χ4v) is 3.35. The van der Waals surface area contributed by atoms with E-state index in [0.29, 0.717) is 11.7 Å². The van der Waals surface area contributed by atoms with Crippen LogP contribution in [0.4, 0.5) is 15.6 Å². The fraction of sp³-hybridized carbons (Fsp3) is 0.211. The maximum atomic E-state index is 12.1. The summed E-state index contributed by atoms with van der Waals surface area (Å²) in [6, 6.07) is 9.69. The number of carbonyl (C=O) groups excluding carboxylic acids is 1. The summed E-state index contributed by atoms with van der Waals surface area (Å²) in [7, 11) is 4.03. The van der Waals surface area contributed by atoms with Gasteiger partial charge in [0, 0.05) is 49.7 Å². The van der Waals surface area contributed by atoms with E-state index in [1.165, 1.54) is 22.6 Å². The number of urea groups is 1. The van der Waals surface area contributed by atoms with E-state index in [-0.39, 0.29) is 6.03 Å². The Hall–Kier alpha value is -2.93. The van der Waals surface area contributed by atoms with Crippen LogP contribution in [0.2, 0.25) is 0 Å². The van der Waals surface area contributed by atoms with E-state index in [9.17, 15) is 4.79 Å². The standard InChI is InChI=1S/C19H21N5OS/c1-13-9-14(6-7-17(13)24(2)3)10-21-18(25)23-19-22-16(12-26-19)15-5-4-8-20-11-15/h4-9,11-12H,10H2,1-3H3,(H2,21,22,23,25). The first-order chi connectivity index (χ1) is 12.5. The maximum Gasteiger partial charge on any atom is 0.321 e. The Morgan fingerprint density at radius 1 is 1.27 bits per heavy atom. The number of amides is 2. The van der Waals surface area contributed by atoms with Gasteiger partial charge in [-0.1, -0.05) is 12.1 Å². The number of aryl methyl sites for hydroxylation is 1. The number of anilines is 2. The third-order valence-electron chi connectivity index (χ3n) is 3.88.